The summed E-state index contributed by atoms with van der Waals surface area (Å²) in [7, 11) is 0. The summed E-state index contributed by atoms with van der Waals surface area (Å²) in [6, 6.07) is 16.0. The molecule has 0 saturated heterocycles. The molecule has 2 N–H and O–H groups in total. The van der Waals surface area contributed by atoms with Gasteiger partial charge in [0, 0.05) is 29.7 Å². The van der Waals surface area contributed by atoms with Gasteiger partial charge in [0.15, 0.2) is 0 Å². The van der Waals surface area contributed by atoms with Gasteiger partial charge in [-0.15, -0.1) is 0 Å². The second-order valence-electron chi connectivity index (χ2n) is 5.63. The molecule has 0 fully saturated rings. The number of aromatic amines is 1. The fourth-order valence-electron chi connectivity index (χ4n) is 2.60. The highest BCUT2D eigenvalue weighted by Crippen LogP contribution is 2.14. The van der Waals surface area contributed by atoms with Gasteiger partial charge in [-0.05, 0) is 59.7 Å². The first kappa shape index (κ1) is 15.6. The van der Waals surface area contributed by atoms with E-state index in [1.54, 1.807) is 0 Å². The molecule has 1 heterocycles. The second-order valence-corrected chi connectivity index (χ2v) is 6.06. The number of nitrogens with one attached hydrogen (secondary N) is 2. The number of benzene rings is 2. The first-order valence-electron chi connectivity index (χ1n) is 7.78. The number of H-pyrrole nitrogens is 1. The molecule has 2 aromatic carbocycles. The number of hydrogen-bond donors (Lipinski definition) is 2. The molecule has 0 aliphatic heterocycles. The zero-order valence-electron chi connectivity index (χ0n) is 12.8. The Bertz CT molecular complexity index is 792. The Morgan fingerprint density at radius 2 is 1.78 bits per heavy atom. The van der Waals surface area contributed by atoms with Crippen molar-refractivity contribution in [1.82, 2.24) is 10.3 Å². The average molecular weight is 327 g/mol. The van der Waals surface area contributed by atoms with E-state index in [9.17, 15) is 4.79 Å². The highest BCUT2D eigenvalue weighted by molar-refractivity contribution is 6.30. The number of carbonyl (C=O) groups is 1. The summed E-state index contributed by atoms with van der Waals surface area (Å²) in [5.74, 6) is 0.0858. The molecule has 0 aliphatic carbocycles. The van der Waals surface area contributed by atoms with E-state index in [0.717, 1.165) is 28.9 Å². The molecule has 0 saturated carbocycles. The Morgan fingerprint density at radius 1 is 1.00 bits per heavy atom. The fraction of sp³-hybridized carbons (Fsp3) is 0.211. The van der Waals surface area contributed by atoms with Crippen molar-refractivity contribution in [3.05, 3.63) is 70.9 Å². The molecule has 3 aromatic rings. The van der Waals surface area contributed by atoms with Crippen molar-refractivity contribution in [3.63, 3.8) is 0 Å². The lowest BCUT2D eigenvalue weighted by molar-refractivity contribution is -0.121. The van der Waals surface area contributed by atoms with Crippen LogP contribution in [0.4, 0.5) is 0 Å². The van der Waals surface area contributed by atoms with Gasteiger partial charge < -0.3 is 10.3 Å². The third-order valence-electron chi connectivity index (χ3n) is 3.91. The number of amides is 1. The van der Waals surface area contributed by atoms with E-state index in [2.05, 4.69) is 34.6 Å². The SMILES string of the molecule is O=C(CCc1ccc(Cl)cc1)NCCc1ccc2[nH]ccc2c1. The first-order valence-corrected chi connectivity index (χ1v) is 8.16. The van der Waals surface area contributed by atoms with E-state index in [1.165, 1.54) is 10.9 Å². The zero-order valence-corrected chi connectivity index (χ0v) is 13.6. The first-order chi connectivity index (χ1) is 11.2. The van der Waals surface area contributed by atoms with Gasteiger partial charge in [-0.3, -0.25) is 4.79 Å². The maximum Gasteiger partial charge on any atom is 0.220 e. The largest absolute Gasteiger partial charge is 0.361 e. The molecule has 3 nitrogen and oxygen atoms in total. The number of hydrogen-bond acceptors (Lipinski definition) is 1. The minimum atomic E-state index is 0.0858. The topological polar surface area (TPSA) is 44.9 Å². The fourth-order valence-corrected chi connectivity index (χ4v) is 2.73. The van der Waals surface area contributed by atoms with Crippen molar-refractivity contribution < 1.29 is 4.79 Å². The van der Waals surface area contributed by atoms with Crippen molar-refractivity contribution in [3.8, 4) is 0 Å². The number of aromatic nitrogens is 1. The second kappa shape index (κ2) is 7.34. The van der Waals surface area contributed by atoms with Gasteiger partial charge >= 0.3 is 0 Å². The Labute approximate surface area is 140 Å². The van der Waals surface area contributed by atoms with E-state index in [4.69, 9.17) is 11.6 Å². The van der Waals surface area contributed by atoms with Crippen molar-refractivity contribution in [2.75, 3.05) is 6.54 Å². The Hall–Kier alpha value is -2.26. The number of fused-ring (bicyclic) bond motifs is 1. The number of halogens is 1. The van der Waals surface area contributed by atoms with Crippen LogP contribution in [0.25, 0.3) is 10.9 Å². The van der Waals surface area contributed by atoms with Gasteiger partial charge in [0.2, 0.25) is 5.91 Å². The van der Waals surface area contributed by atoms with Crippen LogP contribution in [0.1, 0.15) is 17.5 Å². The predicted molar refractivity (Wildman–Crippen MR) is 94.8 cm³/mol. The minimum Gasteiger partial charge on any atom is -0.361 e. The Balaban J connectivity index is 1.42. The van der Waals surface area contributed by atoms with Gasteiger partial charge in [-0.25, -0.2) is 0 Å². The molecule has 1 aromatic heterocycles. The van der Waals surface area contributed by atoms with Gasteiger partial charge in [-0.1, -0.05) is 29.8 Å². The molecule has 23 heavy (non-hydrogen) atoms. The third kappa shape index (κ3) is 4.36. The number of aryl methyl sites for hydroxylation is 1. The van der Waals surface area contributed by atoms with Crippen molar-refractivity contribution in [2.45, 2.75) is 19.3 Å². The van der Waals surface area contributed by atoms with Crippen LogP contribution in [0.3, 0.4) is 0 Å². The maximum absolute atomic E-state index is 11.9. The molecule has 118 valence electrons. The van der Waals surface area contributed by atoms with Crippen LogP contribution in [-0.2, 0) is 17.6 Å². The molecule has 0 spiro atoms. The van der Waals surface area contributed by atoms with Gasteiger partial charge in [0.25, 0.3) is 0 Å². The lowest BCUT2D eigenvalue weighted by atomic mass is 10.1. The average Bonchev–Trinajstić information content (AvgIpc) is 3.02. The molecule has 0 bridgehead atoms. The highest BCUT2D eigenvalue weighted by atomic mass is 35.5. The molecule has 0 radical (unpaired) electrons. The van der Waals surface area contributed by atoms with Crippen molar-refractivity contribution in [2.24, 2.45) is 0 Å². The van der Waals surface area contributed by atoms with Crippen LogP contribution in [-0.4, -0.2) is 17.4 Å². The quantitative estimate of drug-likeness (QED) is 0.703. The lowest BCUT2D eigenvalue weighted by Crippen LogP contribution is -2.25. The summed E-state index contributed by atoms with van der Waals surface area (Å²) in [5, 5.41) is 4.91. The number of rotatable bonds is 6. The molecule has 0 unspecified atom stereocenters. The van der Waals surface area contributed by atoms with E-state index < -0.39 is 0 Å². The van der Waals surface area contributed by atoms with E-state index in [0.29, 0.717) is 13.0 Å². The van der Waals surface area contributed by atoms with Gasteiger partial charge in [-0.2, -0.15) is 0 Å². The standard InChI is InChI=1S/C19H19ClN2O/c20-17-5-1-14(2-6-17)4-8-19(23)22-11-9-15-3-7-18-16(13-15)10-12-21-18/h1-3,5-7,10,12-13,21H,4,8-9,11H2,(H,22,23). The highest BCUT2D eigenvalue weighted by Gasteiger charge is 2.03. The lowest BCUT2D eigenvalue weighted by Gasteiger charge is -2.06. The monoisotopic (exact) mass is 326 g/mol. The molecule has 0 aliphatic rings. The molecule has 1 amide bonds. The summed E-state index contributed by atoms with van der Waals surface area (Å²) < 4.78 is 0. The summed E-state index contributed by atoms with van der Waals surface area (Å²) in [5.41, 5.74) is 3.50. The van der Waals surface area contributed by atoms with Crippen LogP contribution >= 0.6 is 11.6 Å². The summed E-state index contributed by atoms with van der Waals surface area (Å²) >= 11 is 5.85. The zero-order chi connectivity index (χ0) is 16.1. The van der Waals surface area contributed by atoms with E-state index >= 15 is 0 Å². The van der Waals surface area contributed by atoms with Crippen LogP contribution in [0.15, 0.2) is 54.7 Å². The van der Waals surface area contributed by atoms with Crippen LogP contribution < -0.4 is 5.32 Å². The predicted octanol–water partition coefficient (Wildman–Crippen LogP) is 4.11. The molecule has 0 atom stereocenters. The summed E-state index contributed by atoms with van der Waals surface area (Å²) in [6.45, 7) is 0.662. The van der Waals surface area contributed by atoms with Crippen LogP contribution in [0.2, 0.25) is 5.02 Å². The summed E-state index contributed by atoms with van der Waals surface area (Å²) in [4.78, 5) is 15.1. The smallest absolute Gasteiger partial charge is 0.220 e. The Morgan fingerprint density at radius 3 is 2.61 bits per heavy atom. The van der Waals surface area contributed by atoms with Crippen molar-refractivity contribution in [1.29, 1.82) is 0 Å². The van der Waals surface area contributed by atoms with E-state index in [1.807, 2.05) is 30.5 Å². The van der Waals surface area contributed by atoms with Gasteiger partial charge in [0.05, 0.1) is 0 Å². The van der Waals surface area contributed by atoms with Gasteiger partial charge in [0.1, 0.15) is 0 Å². The maximum atomic E-state index is 11.9. The number of carbonyl (C=O) groups excluding carboxylic acids is 1. The summed E-state index contributed by atoms with van der Waals surface area (Å²) in [6.07, 6.45) is 4.01. The molecule has 4 heteroatoms. The van der Waals surface area contributed by atoms with Crippen LogP contribution in [0, 0.1) is 0 Å². The minimum absolute atomic E-state index is 0.0858. The Kier molecular flexibility index (Phi) is 4.99. The van der Waals surface area contributed by atoms with Crippen molar-refractivity contribution >= 4 is 28.4 Å². The van der Waals surface area contributed by atoms with Crippen LogP contribution in [0.5, 0.6) is 0 Å². The normalized spacial score (nSPS) is 10.8. The third-order valence-corrected chi connectivity index (χ3v) is 4.16. The molecular formula is C19H19ClN2O. The molecular weight excluding hydrogens is 308 g/mol. The van der Waals surface area contributed by atoms with E-state index in [-0.39, 0.29) is 5.91 Å². The molecule has 3 rings (SSSR count).